The van der Waals surface area contributed by atoms with Crippen molar-refractivity contribution in [3.05, 3.63) is 93.1 Å². The van der Waals surface area contributed by atoms with Gasteiger partial charge in [-0.25, -0.2) is 9.97 Å². The number of ether oxygens (including phenoxy) is 1. The van der Waals surface area contributed by atoms with Crippen LogP contribution in [-0.2, 0) is 6.61 Å². The summed E-state index contributed by atoms with van der Waals surface area (Å²) in [5, 5.41) is 0.502. The fourth-order valence-corrected chi connectivity index (χ4v) is 3.15. The van der Waals surface area contributed by atoms with E-state index >= 15 is 0 Å². The lowest BCUT2D eigenvalue weighted by atomic mass is 10.2. The summed E-state index contributed by atoms with van der Waals surface area (Å²) in [4.78, 5) is 21.6. The number of pyridine rings is 1. The van der Waals surface area contributed by atoms with Gasteiger partial charge in [0.25, 0.3) is 5.56 Å². The molecule has 0 atom stereocenters. The third-order valence-corrected chi connectivity index (χ3v) is 5.13. The molecular formula is C21H16BrN3O2. The van der Waals surface area contributed by atoms with Crippen LogP contribution >= 0.6 is 15.9 Å². The van der Waals surface area contributed by atoms with Crippen LogP contribution in [0, 0.1) is 6.92 Å². The maximum absolute atomic E-state index is 13.0. The molecule has 27 heavy (non-hydrogen) atoms. The van der Waals surface area contributed by atoms with Crippen molar-refractivity contribution >= 4 is 27.0 Å². The van der Waals surface area contributed by atoms with Gasteiger partial charge in [-0.1, -0.05) is 36.4 Å². The number of rotatable bonds is 4. The third-order valence-electron chi connectivity index (χ3n) is 4.33. The predicted octanol–water partition coefficient (Wildman–Crippen LogP) is 4.43. The van der Waals surface area contributed by atoms with Crippen LogP contribution in [0.1, 0.15) is 11.1 Å². The Morgan fingerprint density at radius 1 is 1.07 bits per heavy atom. The molecule has 4 aromatic rings. The summed E-state index contributed by atoms with van der Waals surface area (Å²) in [7, 11) is 0. The summed E-state index contributed by atoms with van der Waals surface area (Å²) in [5.41, 5.74) is 2.88. The monoisotopic (exact) mass is 421 g/mol. The summed E-state index contributed by atoms with van der Waals surface area (Å²) in [6.07, 6.45) is 3.16. The average molecular weight is 422 g/mol. The number of hydrogen-bond donors (Lipinski definition) is 0. The second-order valence-electron chi connectivity index (χ2n) is 6.12. The Hall–Kier alpha value is -2.99. The average Bonchev–Trinajstić information content (AvgIpc) is 2.70. The molecule has 0 spiro atoms. The van der Waals surface area contributed by atoms with Gasteiger partial charge in [-0.2, -0.15) is 0 Å². The zero-order chi connectivity index (χ0) is 18.8. The Bertz CT molecular complexity index is 1170. The van der Waals surface area contributed by atoms with Gasteiger partial charge in [-0.15, -0.1) is 0 Å². The molecule has 5 nitrogen and oxygen atoms in total. The third kappa shape index (κ3) is 3.48. The van der Waals surface area contributed by atoms with Crippen LogP contribution < -0.4 is 10.3 Å². The van der Waals surface area contributed by atoms with E-state index in [2.05, 4.69) is 25.9 Å². The van der Waals surface area contributed by atoms with Crippen molar-refractivity contribution in [3.63, 3.8) is 0 Å². The number of aryl methyl sites for hydroxylation is 1. The van der Waals surface area contributed by atoms with Crippen LogP contribution in [-0.4, -0.2) is 14.5 Å². The highest BCUT2D eigenvalue weighted by Gasteiger charge is 2.12. The summed E-state index contributed by atoms with van der Waals surface area (Å²) in [5.74, 6) is 0.687. The molecule has 0 radical (unpaired) electrons. The number of benzene rings is 2. The number of nitrogens with zero attached hydrogens (tertiary/aromatic N) is 3. The highest BCUT2D eigenvalue weighted by atomic mass is 79.9. The summed E-state index contributed by atoms with van der Waals surface area (Å²) in [6, 6.07) is 17.4. The van der Waals surface area contributed by atoms with Crippen LogP contribution in [0.4, 0.5) is 0 Å². The SMILES string of the molecule is Cc1c(Br)cnc2ncn(-c3cccc(OCc4ccccc4)c3)c(=O)c12. The fourth-order valence-electron chi connectivity index (χ4n) is 2.85. The van der Waals surface area contributed by atoms with Crippen LogP contribution in [0.15, 0.2) is 76.4 Å². The van der Waals surface area contributed by atoms with Gasteiger partial charge in [-0.3, -0.25) is 9.36 Å². The molecule has 0 saturated carbocycles. The van der Waals surface area contributed by atoms with E-state index in [1.54, 1.807) is 6.20 Å². The van der Waals surface area contributed by atoms with Gasteiger partial charge < -0.3 is 4.74 Å². The van der Waals surface area contributed by atoms with Gasteiger partial charge in [0.15, 0.2) is 5.65 Å². The zero-order valence-electron chi connectivity index (χ0n) is 14.6. The smallest absolute Gasteiger partial charge is 0.267 e. The molecular weight excluding hydrogens is 406 g/mol. The molecule has 2 heterocycles. The fraction of sp³-hybridized carbons (Fsp3) is 0.0952. The first kappa shape index (κ1) is 17.4. The van der Waals surface area contributed by atoms with Crippen molar-refractivity contribution < 1.29 is 4.74 Å². The van der Waals surface area contributed by atoms with Crippen LogP contribution in [0.5, 0.6) is 5.75 Å². The Kier molecular flexibility index (Phi) is 4.73. The van der Waals surface area contributed by atoms with Crippen molar-refractivity contribution in [2.45, 2.75) is 13.5 Å². The minimum atomic E-state index is -0.161. The second kappa shape index (κ2) is 7.32. The van der Waals surface area contributed by atoms with E-state index in [4.69, 9.17) is 4.74 Å². The number of aromatic nitrogens is 3. The van der Waals surface area contributed by atoms with Crippen molar-refractivity contribution in [3.8, 4) is 11.4 Å². The normalized spacial score (nSPS) is 10.9. The molecule has 0 aliphatic rings. The van der Waals surface area contributed by atoms with Crippen molar-refractivity contribution in [2.75, 3.05) is 0 Å². The molecule has 0 saturated heterocycles. The van der Waals surface area contributed by atoms with Crippen molar-refractivity contribution in [1.82, 2.24) is 14.5 Å². The van der Waals surface area contributed by atoms with Gasteiger partial charge in [0, 0.05) is 16.7 Å². The summed E-state index contributed by atoms with van der Waals surface area (Å²) >= 11 is 3.43. The molecule has 0 aliphatic carbocycles. The molecule has 6 heteroatoms. The van der Waals surface area contributed by atoms with E-state index in [1.165, 1.54) is 10.9 Å². The lowest BCUT2D eigenvalue weighted by Crippen LogP contribution is -2.20. The molecule has 0 fully saturated rings. The summed E-state index contributed by atoms with van der Waals surface area (Å²) in [6.45, 7) is 2.34. The lowest BCUT2D eigenvalue weighted by molar-refractivity contribution is 0.306. The topological polar surface area (TPSA) is 57.0 Å². The van der Waals surface area contributed by atoms with E-state index in [0.717, 1.165) is 15.6 Å². The quantitative estimate of drug-likeness (QED) is 0.488. The predicted molar refractivity (Wildman–Crippen MR) is 108 cm³/mol. The maximum Gasteiger partial charge on any atom is 0.267 e. The highest BCUT2D eigenvalue weighted by molar-refractivity contribution is 9.10. The molecule has 2 aromatic carbocycles. The van der Waals surface area contributed by atoms with E-state index < -0.39 is 0 Å². The molecule has 0 bridgehead atoms. The van der Waals surface area contributed by atoms with E-state index in [1.807, 2.05) is 61.5 Å². The Labute approximate surface area is 164 Å². The number of fused-ring (bicyclic) bond motifs is 1. The summed E-state index contributed by atoms with van der Waals surface area (Å²) < 4.78 is 8.17. The van der Waals surface area contributed by atoms with Crippen LogP contribution in [0.2, 0.25) is 0 Å². The Balaban J connectivity index is 1.71. The number of halogens is 1. The van der Waals surface area contributed by atoms with Gasteiger partial charge in [-0.05, 0) is 46.1 Å². The second-order valence-corrected chi connectivity index (χ2v) is 6.98. The Morgan fingerprint density at radius 2 is 1.89 bits per heavy atom. The van der Waals surface area contributed by atoms with E-state index in [9.17, 15) is 4.79 Å². The minimum absolute atomic E-state index is 0.161. The molecule has 2 aromatic heterocycles. The first-order valence-corrected chi connectivity index (χ1v) is 9.22. The molecule has 0 amide bonds. The van der Waals surface area contributed by atoms with Gasteiger partial charge in [0.1, 0.15) is 18.7 Å². The molecule has 0 N–H and O–H groups in total. The molecule has 134 valence electrons. The first-order chi connectivity index (χ1) is 13.1. The lowest BCUT2D eigenvalue weighted by Gasteiger charge is -2.11. The Morgan fingerprint density at radius 3 is 2.70 bits per heavy atom. The zero-order valence-corrected chi connectivity index (χ0v) is 16.2. The van der Waals surface area contributed by atoms with E-state index in [-0.39, 0.29) is 5.56 Å². The van der Waals surface area contributed by atoms with E-state index in [0.29, 0.717) is 29.1 Å². The van der Waals surface area contributed by atoms with Gasteiger partial charge >= 0.3 is 0 Å². The molecule has 0 aliphatic heterocycles. The largest absolute Gasteiger partial charge is 0.489 e. The number of hydrogen-bond acceptors (Lipinski definition) is 4. The van der Waals surface area contributed by atoms with Gasteiger partial charge in [0.05, 0.1) is 11.1 Å². The van der Waals surface area contributed by atoms with Crippen LogP contribution in [0.3, 0.4) is 0 Å². The van der Waals surface area contributed by atoms with Crippen molar-refractivity contribution in [1.29, 1.82) is 0 Å². The standard InChI is InChI=1S/C21H16BrN3O2/c1-14-18(22)11-23-20-19(14)21(26)25(13-24-20)16-8-5-9-17(10-16)27-12-15-6-3-2-4-7-15/h2-11,13H,12H2,1H3. The molecule has 4 rings (SSSR count). The van der Waals surface area contributed by atoms with Crippen molar-refractivity contribution in [2.24, 2.45) is 0 Å². The minimum Gasteiger partial charge on any atom is -0.489 e. The molecule has 0 unspecified atom stereocenters. The van der Waals surface area contributed by atoms with Crippen LogP contribution in [0.25, 0.3) is 16.7 Å². The maximum atomic E-state index is 13.0. The van der Waals surface area contributed by atoms with Gasteiger partial charge in [0.2, 0.25) is 0 Å². The highest BCUT2D eigenvalue weighted by Crippen LogP contribution is 2.21. The first-order valence-electron chi connectivity index (χ1n) is 8.43.